The Morgan fingerprint density at radius 3 is 2.27 bits per heavy atom. The number of alkyl halides is 3. The van der Waals surface area contributed by atoms with Gasteiger partial charge in [0.25, 0.3) is 0 Å². The number of carbonyl (C=O) groups is 1. The summed E-state index contributed by atoms with van der Waals surface area (Å²) in [6.07, 6.45) is -4.65. The van der Waals surface area contributed by atoms with Crippen molar-refractivity contribution >= 4 is 46.6 Å². The molecule has 0 unspecified atom stereocenters. The Morgan fingerprint density at radius 1 is 1.03 bits per heavy atom. The average molecular weight is 454 g/mol. The highest BCUT2D eigenvalue weighted by atomic mass is 35.5. The minimum Gasteiger partial charge on any atom is -0.383 e. The Bertz CT molecular complexity index is 1050. The predicted molar refractivity (Wildman–Crippen MR) is 111 cm³/mol. The first-order valence-corrected chi connectivity index (χ1v) is 9.68. The third-order valence-corrected chi connectivity index (χ3v) is 5.29. The van der Waals surface area contributed by atoms with Crippen molar-refractivity contribution in [1.29, 1.82) is 0 Å². The maximum absolute atomic E-state index is 13.1. The highest BCUT2D eigenvalue weighted by Crippen LogP contribution is 2.38. The average Bonchev–Trinajstić information content (AvgIpc) is 2.66. The molecular formula is C19H15ClF3N5OS. The highest BCUT2D eigenvalue weighted by molar-refractivity contribution is 8.00. The molecule has 0 saturated heterocycles. The van der Waals surface area contributed by atoms with Crippen molar-refractivity contribution in [3.05, 3.63) is 70.7 Å². The van der Waals surface area contributed by atoms with Gasteiger partial charge in [0.1, 0.15) is 16.9 Å². The molecule has 6 nitrogen and oxygen atoms in total. The summed E-state index contributed by atoms with van der Waals surface area (Å²) >= 11 is 6.60. The van der Waals surface area contributed by atoms with E-state index in [-0.39, 0.29) is 22.5 Å². The molecule has 1 amide bonds. The molecule has 0 spiro atoms. The number of benzene rings is 2. The number of nitrogen functional groups attached to an aromatic ring is 2. The van der Waals surface area contributed by atoms with Crippen molar-refractivity contribution in [1.82, 2.24) is 9.97 Å². The molecule has 1 atom stereocenters. The van der Waals surface area contributed by atoms with Crippen LogP contribution in [0.15, 0.2) is 59.8 Å². The van der Waals surface area contributed by atoms with E-state index in [9.17, 15) is 18.0 Å². The zero-order valence-corrected chi connectivity index (χ0v) is 16.7. The maximum atomic E-state index is 13.1. The Balaban J connectivity index is 1.91. The number of nitrogens with zero attached hydrogens (tertiary/aromatic N) is 2. The molecular weight excluding hydrogens is 439 g/mol. The normalized spacial score (nSPS) is 12.4. The summed E-state index contributed by atoms with van der Waals surface area (Å²) < 4.78 is 39.3. The van der Waals surface area contributed by atoms with Crippen LogP contribution in [-0.2, 0) is 11.0 Å². The molecule has 0 aliphatic rings. The van der Waals surface area contributed by atoms with Crippen LogP contribution in [0.4, 0.5) is 30.5 Å². The van der Waals surface area contributed by atoms with Gasteiger partial charge in [-0.1, -0.05) is 53.7 Å². The zero-order chi connectivity index (χ0) is 21.9. The number of hydrogen-bond acceptors (Lipinski definition) is 6. The van der Waals surface area contributed by atoms with Gasteiger partial charge in [0, 0.05) is 11.8 Å². The predicted octanol–water partition coefficient (Wildman–Crippen LogP) is 4.79. The number of nitrogens with two attached hydrogens (primary N) is 2. The number of carbonyl (C=O) groups excluding carboxylic acids is 1. The lowest BCUT2D eigenvalue weighted by Gasteiger charge is -2.17. The SMILES string of the molecule is Nc1cc(N)nc(S[C@H](C(=O)Nc2ccc(Cl)c(C(F)(F)F)c2)c2ccccc2)n1. The first kappa shape index (κ1) is 21.7. The lowest BCUT2D eigenvalue weighted by molar-refractivity contribution is -0.137. The molecule has 1 aromatic heterocycles. The number of hydrogen-bond donors (Lipinski definition) is 3. The van der Waals surface area contributed by atoms with Gasteiger partial charge in [-0.2, -0.15) is 13.2 Å². The zero-order valence-electron chi connectivity index (χ0n) is 15.2. The monoisotopic (exact) mass is 453 g/mol. The van der Waals surface area contributed by atoms with Gasteiger partial charge in [-0.05, 0) is 23.8 Å². The Morgan fingerprint density at radius 2 is 1.67 bits per heavy atom. The first-order chi connectivity index (χ1) is 14.1. The van der Waals surface area contributed by atoms with Crippen LogP contribution in [-0.4, -0.2) is 15.9 Å². The molecule has 0 aliphatic carbocycles. The number of amides is 1. The van der Waals surface area contributed by atoms with E-state index in [0.29, 0.717) is 5.56 Å². The lowest BCUT2D eigenvalue weighted by atomic mass is 10.1. The van der Waals surface area contributed by atoms with Crippen LogP contribution in [0.3, 0.4) is 0 Å². The van der Waals surface area contributed by atoms with Gasteiger partial charge < -0.3 is 16.8 Å². The number of aromatic nitrogens is 2. The number of nitrogens with one attached hydrogen (secondary N) is 1. The summed E-state index contributed by atoms with van der Waals surface area (Å²) in [7, 11) is 0. The maximum Gasteiger partial charge on any atom is 0.417 e. The van der Waals surface area contributed by atoms with E-state index in [4.69, 9.17) is 23.1 Å². The molecule has 0 bridgehead atoms. The largest absolute Gasteiger partial charge is 0.417 e. The molecule has 3 rings (SSSR count). The fourth-order valence-corrected chi connectivity index (χ4v) is 3.76. The summed E-state index contributed by atoms with van der Waals surface area (Å²) in [5, 5.41) is 1.31. The summed E-state index contributed by atoms with van der Waals surface area (Å²) in [6.45, 7) is 0. The molecule has 5 N–H and O–H groups in total. The minimum absolute atomic E-state index is 0.0498. The second-order valence-electron chi connectivity index (χ2n) is 6.09. The quantitative estimate of drug-likeness (QED) is 0.379. The van der Waals surface area contributed by atoms with Gasteiger partial charge in [0.15, 0.2) is 5.16 Å². The Hall–Kier alpha value is -2.98. The fraction of sp³-hybridized carbons (Fsp3) is 0.105. The summed E-state index contributed by atoms with van der Waals surface area (Å²) in [4.78, 5) is 21.1. The second kappa shape index (κ2) is 8.80. The number of halogens is 4. The molecule has 0 radical (unpaired) electrons. The first-order valence-electron chi connectivity index (χ1n) is 8.43. The third-order valence-electron chi connectivity index (χ3n) is 3.85. The number of thioether (sulfide) groups is 1. The molecule has 0 saturated carbocycles. The minimum atomic E-state index is -4.65. The highest BCUT2D eigenvalue weighted by Gasteiger charge is 2.34. The van der Waals surface area contributed by atoms with E-state index in [2.05, 4.69) is 15.3 Å². The fourth-order valence-electron chi connectivity index (χ4n) is 2.55. The van der Waals surface area contributed by atoms with Gasteiger partial charge >= 0.3 is 6.18 Å². The van der Waals surface area contributed by atoms with E-state index >= 15 is 0 Å². The van der Waals surface area contributed by atoms with Crippen LogP contribution >= 0.6 is 23.4 Å². The summed E-state index contributed by atoms with van der Waals surface area (Å²) in [6, 6.07) is 13.2. The van der Waals surface area contributed by atoms with Gasteiger partial charge in [-0.3, -0.25) is 4.79 Å². The molecule has 3 aromatic rings. The molecule has 0 aliphatic heterocycles. The number of rotatable bonds is 5. The van der Waals surface area contributed by atoms with Crippen molar-refractivity contribution in [3.8, 4) is 0 Å². The third kappa shape index (κ3) is 5.33. The van der Waals surface area contributed by atoms with Crippen molar-refractivity contribution in [2.75, 3.05) is 16.8 Å². The van der Waals surface area contributed by atoms with Gasteiger partial charge in [-0.15, -0.1) is 0 Å². The van der Waals surface area contributed by atoms with E-state index < -0.39 is 27.9 Å². The van der Waals surface area contributed by atoms with Crippen molar-refractivity contribution in [3.63, 3.8) is 0 Å². The van der Waals surface area contributed by atoms with Crippen molar-refractivity contribution < 1.29 is 18.0 Å². The number of anilines is 3. The molecule has 0 fully saturated rings. The van der Waals surface area contributed by atoms with Crippen molar-refractivity contribution in [2.45, 2.75) is 16.6 Å². The van der Waals surface area contributed by atoms with Gasteiger partial charge in [0.2, 0.25) is 5.91 Å². The Labute approximate surface area is 178 Å². The van der Waals surface area contributed by atoms with Crippen LogP contribution < -0.4 is 16.8 Å². The van der Waals surface area contributed by atoms with Gasteiger partial charge in [-0.25, -0.2) is 9.97 Å². The van der Waals surface area contributed by atoms with E-state index in [1.54, 1.807) is 30.3 Å². The molecule has 1 heterocycles. The van der Waals surface area contributed by atoms with Crippen LogP contribution in [0.5, 0.6) is 0 Å². The smallest absolute Gasteiger partial charge is 0.383 e. The molecule has 11 heteroatoms. The molecule has 156 valence electrons. The van der Waals surface area contributed by atoms with E-state index in [1.165, 1.54) is 12.1 Å². The topological polar surface area (TPSA) is 107 Å². The summed E-state index contributed by atoms with van der Waals surface area (Å²) in [5.74, 6) is -0.319. The van der Waals surface area contributed by atoms with Crippen LogP contribution in [0.25, 0.3) is 0 Å². The van der Waals surface area contributed by atoms with Gasteiger partial charge in [0.05, 0.1) is 10.6 Å². The van der Waals surface area contributed by atoms with E-state index in [1.807, 2.05) is 0 Å². The Kier molecular flexibility index (Phi) is 6.37. The van der Waals surface area contributed by atoms with Crippen molar-refractivity contribution in [2.24, 2.45) is 0 Å². The van der Waals surface area contributed by atoms with Crippen LogP contribution in [0, 0.1) is 0 Å². The second-order valence-corrected chi connectivity index (χ2v) is 7.57. The van der Waals surface area contributed by atoms with E-state index in [0.717, 1.165) is 23.9 Å². The summed E-state index contributed by atoms with van der Waals surface area (Å²) in [5.41, 5.74) is 10.9. The van der Waals surface area contributed by atoms with Crippen LogP contribution in [0.1, 0.15) is 16.4 Å². The van der Waals surface area contributed by atoms with Crippen LogP contribution in [0.2, 0.25) is 5.02 Å². The molecule has 30 heavy (non-hydrogen) atoms. The standard InChI is InChI=1S/C19H15ClF3N5OS/c20-13-7-6-11(8-12(13)19(21,22)23)26-17(29)16(10-4-2-1-3-5-10)30-18-27-14(24)9-15(25)28-18/h1-9,16H,(H,26,29)(H4,24,25,27,28)/t16-/m0/s1. The molecule has 2 aromatic carbocycles. The lowest BCUT2D eigenvalue weighted by Crippen LogP contribution is -2.20.